The molecule has 7 heteroatoms. The Morgan fingerprint density at radius 2 is 2.19 bits per heavy atom. The smallest absolute Gasteiger partial charge is 0.337 e. The molecule has 1 aliphatic heterocycles. The first-order chi connectivity index (χ1) is 12.6. The number of hydrogen-bond donors (Lipinski definition) is 1. The fraction of sp³-hybridized carbons (Fsp3) is 0.316. The highest BCUT2D eigenvalue weighted by Crippen LogP contribution is 2.26. The molecular formula is C19H20N4O3. The summed E-state index contributed by atoms with van der Waals surface area (Å²) in [6.45, 7) is 4.49. The van der Waals surface area contributed by atoms with Gasteiger partial charge in [-0.2, -0.15) is 0 Å². The molecule has 0 bridgehead atoms. The highest BCUT2D eigenvalue weighted by atomic mass is 16.5. The summed E-state index contributed by atoms with van der Waals surface area (Å²) >= 11 is 0. The number of aromatic nitrogens is 3. The quantitative estimate of drug-likeness (QED) is 0.730. The molecule has 1 N–H and O–H groups in total. The predicted octanol–water partition coefficient (Wildman–Crippen LogP) is 2.09. The second-order valence-electron chi connectivity index (χ2n) is 6.51. The largest absolute Gasteiger partial charge is 0.465 e. The lowest BCUT2D eigenvalue weighted by atomic mass is 10.1. The van der Waals surface area contributed by atoms with Gasteiger partial charge in [0.1, 0.15) is 5.82 Å². The van der Waals surface area contributed by atoms with Gasteiger partial charge in [-0.1, -0.05) is 0 Å². The molecular weight excluding hydrogens is 332 g/mol. The molecule has 0 spiro atoms. The van der Waals surface area contributed by atoms with Crippen LogP contribution in [0, 0.1) is 0 Å². The van der Waals surface area contributed by atoms with Gasteiger partial charge in [-0.05, 0) is 37.3 Å². The van der Waals surface area contributed by atoms with Crippen LogP contribution in [-0.4, -0.2) is 39.1 Å². The second-order valence-corrected chi connectivity index (χ2v) is 6.51. The summed E-state index contributed by atoms with van der Waals surface area (Å²) in [6.07, 6.45) is 2.09. The number of H-pyrrole nitrogens is 1. The van der Waals surface area contributed by atoms with E-state index < -0.39 is 5.97 Å². The molecule has 2 aromatic heterocycles. The van der Waals surface area contributed by atoms with Crippen LogP contribution in [0.3, 0.4) is 0 Å². The minimum absolute atomic E-state index is 0.200. The number of nitrogens with zero attached hydrogens (tertiary/aromatic N) is 3. The van der Waals surface area contributed by atoms with Crippen LogP contribution in [0.25, 0.3) is 10.9 Å². The molecule has 1 atom stereocenters. The van der Waals surface area contributed by atoms with Gasteiger partial charge in [0.2, 0.25) is 0 Å². The van der Waals surface area contributed by atoms with E-state index >= 15 is 0 Å². The molecule has 1 aliphatic rings. The normalized spacial score (nSPS) is 17.2. The van der Waals surface area contributed by atoms with Gasteiger partial charge >= 0.3 is 5.97 Å². The van der Waals surface area contributed by atoms with E-state index in [9.17, 15) is 9.59 Å². The molecule has 0 aliphatic carbocycles. The van der Waals surface area contributed by atoms with E-state index in [1.54, 1.807) is 18.2 Å². The number of carbonyl (C=O) groups is 1. The van der Waals surface area contributed by atoms with Gasteiger partial charge in [0, 0.05) is 31.0 Å². The van der Waals surface area contributed by atoms with Gasteiger partial charge < -0.3 is 14.3 Å². The zero-order valence-corrected chi connectivity index (χ0v) is 14.7. The first-order valence-corrected chi connectivity index (χ1v) is 8.57. The SMILES string of the molecule is COC(=O)c1ccc2c(=O)[nH]c(CN3CCn4cccc4[C@@H]3C)nc2c1. The summed E-state index contributed by atoms with van der Waals surface area (Å²) < 4.78 is 6.99. The van der Waals surface area contributed by atoms with Crippen LogP contribution in [0.1, 0.15) is 34.8 Å². The van der Waals surface area contributed by atoms with E-state index in [2.05, 4.69) is 44.7 Å². The number of nitrogens with one attached hydrogen (secondary N) is 1. The predicted molar refractivity (Wildman–Crippen MR) is 97.0 cm³/mol. The van der Waals surface area contributed by atoms with Gasteiger partial charge in [-0.25, -0.2) is 9.78 Å². The summed E-state index contributed by atoms with van der Waals surface area (Å²) in [6, 6.07) is 9.20. The van der Waals surface area contributed by atoms with E-state index in [4.69, 9.17) is 4.74 Å². The molecule has 3 aromatic rings. The number of methoxy groups -OCH3 is 1. The Balaban J connectivity index is 1.66. The number of fused-ring (bicyclic) bond motifs is 2. The molecule has 3 heterocycles. The van der Waals surface area contributed by atoms with Crippen LogP contribution in [0.5, 0.6) is 0 Å². The Labute approximate surface area is 150 Å². The third-order valence-corrected chi connectivity index (χ3v) is 5.00. The average Bonchev–Trinajstić information content (AvgIpc) is 3.12. The molecule has 26 heavy (non-hydrogen) atoms. The van der Waals surface area contributed by atoms with Crippen molar-refractivity contribution >= 4 is 16.9 Å². The van der Waals surface area contributed by atoms with Crippen molar-refractivity contribution in [3.63, 3.8) is 0 Å². The van der Waals surface area contributed by atoms with Crippen LogP contribution in [-0.2, 0) is 17.8 Å². The number of esters is 1. The Morgan fingerprint density at radius 3 is 3.00 bits per heavy atom. The van der Waals surface area contributed by atoms with Gasteiger partial charge in [-0.3, -0.25) is 9.69 Å². The third kappa shape index (κ3) is 2.80. The van der Waals surface area contributed by atoms with Crippen LogP contribution >= 0.6 is 0 Å². The molecule has 0 fully saturated rings. The molecule has 1 aromatic carbocycles. The molecule has 0 saturated carbocycles. The van der Waals surface area contributed by atoms with Crippen molar-refractivity contribution in [1.82, 2.24) is 19.4 Å². The minimum Gasteiger partial charge on any atom is -0.465 e. The van der Waals surface area contributed by atoms with E-state index in [1.807, 2.05) is 0 Å². The minimum atomic E-state index is -0.444. The Morgan fingerprint density at radius 1 is 1.35 bits per heavy atom. The van der Waals surface area contributed by atoms with Crippen molar-refractivity contribution in [1.29, 1.82) is 0 Å². The number of rotatable bonds is 3. The third-order valence-electron chi connectivity index (χ3n) is 5.00. The van der Waals surface area contributed by atoms with Gasteiger partial charge in [0.05, 0.1) is 30.1 Å². The van der Waals surface area contributed by atoms with E-state index in [-0.39, 0.29) is 11.6 Å². The lowest BCUT2D eigenvalue weighted by Gasteiger charge is -2.34. The van der Waals surface area contributed by atoms with Gasteiger partial charge in [0.25, 0.3) is 5.56 Å². The summed E-state index contributed by atoms with van der Waals surface area (Å²) in [4.78, 5) is 33.9. The molecule has 0 radical (unpaired) electrons. The molecule has 7 nitrogen and oxygen atoms in total. The van der Waals surface area contributed by atoms with Crippen molar-refractivity contribution in [3.8, 4) is 0 Å². The van der Waals surface area contributed by atoms with Crippen LogP contribution in [0.2, 0.25) is 0 Å². The lowest BCUT2D eigenvalue weighted by molar-refractivity contribution is 0.0601. The number of ether oxygens (including phenoxy) is 1. The monoisotopic (exact) mass is 352 g/mol. The maximum atomic E-state index is 12.4. The van der Waals surface area contributed by atoms with E-state index in [0.29, 0.717) is 28.8 Å². The van der Waals surface area contributed by atoms with Gasteiger partial charge in [-0.15, -0.1) is 0 Å². The first kappa shape index (κ1) is 16.5. The van der Waals surface area contributed by atoms with Crippen molar-refractivity contribution in [3.05, 3.63) is 64.0 Å². The Bertz CT molecular complexity index is 1040. The average molecular weight is 352 g/mol. The number of carbonyl (C=O) groups excluding carboxylic acids is 1. The molecule has 0 saturated heterocycles. The maximum Gasteiger partial charge on any atom is 0.337 e. The lowest BCUT2D eigenvalue weighted by Crippen LogP contribution is -2.36. The molecule has 4 rings (SSSR count). The number of hydrogen-bond acceptors (Lipinski definition) is 5. The Hall–Kier alpha value is -2.93. The molecule has 134 valence electrons. The number of aromatic amines is 1. The van der Waals surface area contributed by atoms with Crippen LogP contribution < -0.4 is 5.56 Å². The highest BCUT2D eigenvalue weighted by molar-refractivity contribution is 5.93. The highest BCUT2D eigenvalue weighted by Gasteiger charge is 2.24. The fourth-order valence-electron chi connectivity index (χ4n) is 3.54. The van der Waals surface area contributed by atoms with Crippen LogP contribution in [0.15, 0.2) is 41.3 Å². The van der Waals surface area contributed by atoms with Crippen molar-refractivity contribution < 1.29 is 9.53 Å². The van der Waals surface area contributed by atoms with Crippen molar-refractivity contribution in [2.24, 2.45) is 0 Å². The van der Waals surface area contributed by atoms with Crippen LogP contribution in [0.4, 0.5) is 0 Å². The topological polar surface area (TPSA) is 80.2 Å². The summed E-state index contributed by atoms with van der Waals surface area (Å²) in [5.41, 5.74) is 1.94. The Kier molecular flexibility index (Phi) is 4.08. The van der Waals surface area contributed by atoms with E-state index in [1.165, 1.54) is 12.8 Å². The van der Waals surface area contributed by atoms with Gasteiger partial charge in [0.15, 0.2) is 0 Å². The van der Waals surface area contributed by atoms with Crippen molar-refractivity contribution in [2.45, 2.75) is 26.1 Å². The zero-order chi connectivity index (χ0) is 18.3. The summed E-state index contributed by atoms with van der Waals surface area (Å²) in [7, 11) is 1.33. The summed E-state index contributed by atoms with van der Waals surface area (Å²) in [5, 5.41) is 0.460. The molecule has 0 unspecified atom stereocenters. The molecule has 0 amide bonds. The maximum absolute atomic E-state index is 12.4. The second kappa shape index (κ2) is 6.42. The standard InChI is InChI=1S/C19H20N4O3/c1-12-16-4-3-7-22(16)8-9-23(12)11-17-20-15-10-13(19(25)26-2)5-6-14(15)18(24)21-17/h3-7,10,12H,8-9,11H2,1-2H3,(H,20,21,24)/t12-/m0/s1. The van der Waals surface area contributed by atoms with E-state index in [0.717, 1.165) is 13.1 Å². The summed E-state index contributed by atoms with van der Waals surface area (Å²) in [5.74, 6) is 0.150. The fourth-order valence-corrected chi connectivity index (χ4v) is 3.54. The first-order valence-electron chi connectivity index (χ1n) is 8.57. The van der Waals surface area contributed by atoms with Crippen molar-refractivity contribution in [2.75, 3.05) is 13.7 Å². The zero-order valence-electron chi connectivity index (χ0n) is 14.7. The number of benzene rings is 1.